The fourth-order valence-corrected chi connectivity index (χ4v) is 10.4. The molecule has 0 aromatic carbocycles. The minimum absolute atomic E-state index is 0.00702. The van der Waals surface area contributed by atoms with Crippen LogP contribution in [-0.2, 0) is 14.3 Å². The second kappa shape index (κ2) is 9.86. The van der Waals surface area contributed by atoms with E-state index in [-0.39, 0.29) is 28.8 Å². The Balaban J connectivity index is 1.20. The van der Waals surface area contributed by atoms with E-state index < -0.39 is 0 Å². The maximum atomic E-state index is 12.8. The number of esters is 1. The van der Waals surface area contributed by atoms with Gasteiger partial charge in [-0.25, -0.2) is 0 Å². The summed E-state index contributed by atoms with van der Waals surface area (Å²) >= 11 is 0. The minimum atomic E-state index is -0.00702. The van der Waals surface area contributed by atoms with E-state index in [1.807, 2.05) is 6.92 Å². The van der Waals surface area contributed by atoms with Gasteiger partial charge in [-0.1, -0.05) is 46.3 Å². The summed E-state index contributed by atoms with van der Waals surface area (Å²) < 4.78 is 6.06. The summed E-state index contributed by atoms with van der Waals surface area (Å²) in [6.07, 6.45) is 12.3. The predicted octanol–water partition coefficient (Wildman–Crippen LogP) is 6.68. The van der Waals surface area contributed by atoms with Crippen molar-refractivity contribution in [1.29, 1.82) is 0 Å². The van der Waals surface area contributed by atoms with E-state index in [0.29, 0.717) is 35.9 Å². The van der Waals surface area contributed by atoms with E-state index in [1.165, 1.54) is 25.7 Å². The highest BCUT2D eigenvalue weighted by molar-refractivity contribution is 5.80. The standard InChI is InChI=1S/C32H51NO3/c1-20-15-21(2)19-33(18-20)14-11-29(35)36-25-9-12-31(5)24(17-25)7-8-26-27(31)10-13-32(6)28(26)16-22(3)30(32)23(4)34/h7,20-22,25-28,30H,8-19H2,1-6H3/t20-,21+,22-,25+,26+,27+,28+,30+,31-,32+/m0/s1. The number of rotatable bonds is 5. The lowest BCUT2D eigenvalue weighted by molar-refractivity contribution is -0.152. The molecule has 10 atom stereocenters. The predicted molar refractivity (Wildman–Crippen MR) is 144 cm³/mol. The SMILES string of the molecule is CC(=O)[C@H]1[C@@H](C)C[C@@H]2[C@@H]3CC=C4C[C@H](OC(=O)CCN5C[C@H](C)C[C@H](C)C5)CC[C@]4(C)[C@@H]3CC[C@]21C. The number of carbonyl (C=O) groups excluding carboxylic acids is 2. The quantitative estimate of drug-likeness (QED) is 0.314. The zero-order valence-electron chi connectivity index (χ0n) is 23.9. The average Bonchev–Trinajstić information content (AvgIpc) is 3.07. The van der Waals surface area contributed by atoms with Crippen molar-refractivity contribution in [2.24, 2.45) is 52.3 Å². The zero-order valence-corrected chi connectivity index (χ0v) is 23.9. The maximum Gasteiger partial charge on any atom is 0.307 e. The van der Waals surface area contributed by atoms with E-state index in [4.69, 9.17) is 4.74 Å². The molecule has 1 heterocycles. The number of ether oxygens (including phenoxy) is 1. The summed E-state index contributed by atoms with van der Waals surface area (Å²) in [6.45, 7) is 16.8. The van der Waals surface area contributed by atoms with E-state index in [2.05, 4.69) is 45.6 Å². The smallest absolute Gasteiger partial charge is 0.307 e. The van der Waals surface area contributed by atoms with Crippen molar-refractivity contribution in [3.05, 3.63) is 11.6 Å². The van der Waals surface area contributed by atoms with Crippen molar-refractivity contribution < 1.29 is 14.3 Å². The Morgan fingerprint density at radius 2 is 1.75 bits per heavy atom. The molecular weight excluding hydrogens is 446 g/mol. The molecule has 0 radical (unpaired) electrons. The summed E-state index contributed by atoms with van der Waals surface area (Å²) in [5.74, 6) is 4.71. The lowest BCUT2D eigenvalue weighted by Crippen LogP contribution is -2.51. The Labute approximate surface area is 220 Å². The Kier molecular flexibility index (Phi) is 7.24. The van der Waals surface area contributed by atoms with Gasteiger partial charge in [0, 0.05) is 32.0 Å². The van der Waals surface area contributed by atoms with Crippen molar-refractivity contribution >= 4 is 11.8 Å². The van der Waals surface area contributed by atoms with Crippen LogP contribution < -0.4 is 0 Å². The highest BCUT2D eigenvalue weighted by Crippen LogP contribution is 2.67. The number of Topliss-reactive ketones (excluding diaryl/α,β-unsaturated/α-hetero) is 1. The Hall–Kier alpha value is -1.16. The van der Waals surface area contributed by atoms with Gasteiger partial charge in [-0.15, -0.1) is 0 Å². The van der Waals surface area contributed by atoms with Crippen LogP contribution in [0.1, 0.15) is 99.3 Å². The highest BCUT2D eigenvalue weighted by atomic mass is 16.5. The number of allylic oxidation sites excluding steroid dienone is 1. The van der Waals surface area contributed by atoms with Crippen LogP contribution in [-0.4, -0.2) is 42.4 Å². The first kappa shape index (κ1) is 26.4. The lowest BCUT2D eigenvalue weighted by Gasteiger charge is -2.58. The molecule has 1 saturated heterocycles. The molecule has 3 saturated carbocycles. The van der Waals surface area contributed by atoms with Crippen LogP contribution in [0.15, 0.2) is 11.6 Å². The number of nitrogens with zero attached hydrogens (tertiary/aromatic N) is 1. The second-order valence-electron chi connectivity index (χ2n) is 14.4. The maximum absolute atomic E-state index is 12.8. The van der Waals surface area contributed by atoms with Gasteiger partial charge in [0.1, 0.15) is 11.9 Å². The van der Waals surface area contributed by atoms with E-state index in [0.717, 1.165) is 57.2 Å². The molecular formula is C32H51NO3. The van der Waals surface area contributed by atoms with Crippen LogP contribution in [0.2, 0.25) is 0 Å². The number of hydrogen-bond acceptors (Lipinski definition) is 4. The summed E-state index contributed by atoms with van der Waals surface area (Å²) in [5.41, 5.74) is 1.99. The van der Waals surface area contributed by atoms with Crippen LogP contribution in [0.3, 0.4) is 0 Å². The first-order chi connectivity index (χ1) is 17.0. The molecule has 4 nitrogen and oxygen atoms in total. The molecule has 0 bridgehead atoms. The number of fused-ring (bicyclic) bond motifs is 5. The molecule has 0 unspecified atom stereocenters. The van der Waals surface area contributed by atoms with Crippen molar-refractivity contribution in [3.8, 4) is 0 Å². The number of piperidine rings is 1. The van der Waals surface area contributed by atoms with Crippen molar-refractivity contribution in [1.82, 2.24) is 4.90 Å². The van der Waals surface area contributed by atoms with Gasteiger partial charge in [0.2, 0.25) is 0 Å². The van der Waals surface area contributed by atoms with Gasteiger partial charge < -0.3 is 9.64 Å². The monoisotopic (exact) mass is 497 g/mol. The van der Waals surface area contributed by atoms with Gasteiger partial charge in [-0.05, 0) is 98.2 Å². The Bertz CT molecular complexity index is 886. The molecule has 4 aliphatic carbocycles. The van der Waals surface area contributed by atoms with Gasteiger partial charge in [-0.3, -0.25) is 9.59 Å². The second-order valence-corrected chi connectivity index (χ2v) is 14.4. The Morgan fingerprint density at radius 1 is 1.03 bits per heavy atom. The molecule has 0 amide bonds. The van der Waals surface area contributed by atoms with Crippen LogP contribution >= 0.6 is 0 Å². The van der Waals surface area contributed by atoms with Crippen molar-refractivity contribution in [3.63, 3.8) is 0 Å². The van der Waals surface area contributed by atoms with Gasteiger partial charge >= 0.3 is 5.97 Å². The molecule has 1 aliphatic heterocycles. The average molecular weight is 498 g/mol. The zero-order chi connectivity index (χ0) is 25.8. The molecule has 0 aromatic rings. The van der Waals surface area contributed by atoms with E-state index >= 15 is 0 Å². The van der Waals surface area contributed by atoms with Crippen molar-refractivity contribution in [2.75, 3.05) is 19.6 Å². The van der Waals surface area contributed by atoms with Crippen LogP contribution in [0, 0.1) is 52.3 Å². The molecule has 36 heavy (non-hydrogen) atoms. The van der Waals surface area contributed by atoms with Crippen LogP contribution in [0.4, 0.5) is 0 Å². The highest BCUT2D eigenvalue weighted by Gasteiger charge is 2.61. The van der Waals surface area contributed by atoms with Crippen LogP contribution in [0.5, 0.6) is 0 Å². The first-order valence-electron chi connectivity index (χ1n) is 15.1. The largest absolute Gasteiger partial charge is 0.462 e. The third-order valence-electron chi connectivity index (χ3n) is 11.7. The third kappa shape index (κ3) is 4.63. The number of hydrogen-bond donors (Lipinski definition) is 0. The van der Waals surface area contributed by atoms with E-state index in [1.54, 1.807) is 5.57 Å². The van der Waals surface area contributed by atoms with Gasteiger partial charge in [-0.2, -0.15) is 0 Å². The van der Waals surface area contributed by atoms with Crippen molar-refractivity contribution in [2.45, 2.75) is 105 Å². The lowest BCUT2D eigenvalue weighted by atomic mass is 9.47. The molecule has 0 aromatic heterocycles. The molecule has 4 heteroatoms. The summed E-state index contributed by atoms with van der Waals surface area (Å²) in [4.78, 5) is 27.8. The van der Waals surface area contributed by atoms with Gasteiger partial charge in [0.15, 0.2) is 0 Å². The summed E-state index contributed by atoms with van der Waals surface area (Å²) in [7, 11) is 0. The third-order valence-corrected chi connectivity index (χ3v) is 11.7. The van der Waals surface area contributed by atoms with Gasteiger partial charge in [0.05, 0.1) is 6.42 Å². The minimum Gasteiger partial charge on any atom is -0.462 e. The molecule has 5 aliphatic rings. The number of ketones is 1. The van der Waals surface area contributed by atoms with Gasteiger partial charge in [0.25, 0.3) is 0 Å². The first-order valence-corrected chi connectivity index (χ1v) is 15.1. The molecule has 0 N–H and O–H groups in total. The topological polar surface area (TPSA) is 46.6 Å². The molecule has 0 spiro atoms. The molecule has 5 rings (SSSR count). The fourth-order valence-electron chi connectivity index (χ4n) is 10.4. The number of likely N-dealkylation sites (tertiary alicyclic amines) is 1. The Morgan fingerprint density at radius 3 is 2.44 bits per heavy atom. The normalized spacial score (nSPS) is 46.8. The summed E-state index contributed by atoms with van der Waals surface area (Å²) in [6, 6.07) is 0. The summed E-state index contributed by atoms with van der Waals surface area (Å²) in [5, 5.41) is 0. The fraction of sp³-hybridized carbons (Fsp3) is 0.875. The molecule has 4 fully saturated rings. The molecule has 202 valence electrons. The van der Waals surface area contributed by atoms with Crippen LogP contribution in [0.25, 0.3) is 0 Å². The van der Waals surface area contributed by atoms with E-state index in [9.17, 15) is 9.59 Å². The number of carbonyl (C=O) groups is 2.